The van der Waals surface area contributed by atoms with Crippen LogP contribution in [0.15, 0.2) is 23.2 Å². The fourth-order valence-electron chi connectivity index (χ4n) is 0.726. The van der Waals surface area contributed by atoms with Crippen LogP contribution >= 0.6 is 0 Å². The van der Waals surface area contributed by atoms with Gasteiger partial charge in [0, 0.05) is 12.5 Å². The summed E-state index contributed by atoms with van der Waals surface area (Å²) in [5.41, 5.74) is -0.174. The average Bonchev–Trinajstić information content (AvgIpc) is 2.03. The molecule has 1 heterocycles. The first-order valence-corrected chi connectivity index (χ1v) is 5.20. The van der Waals surface area contributed by atoms with E-state index in [0.717, 1.165) is 18.5 Å². The highest BCUT2D eigenvalue weighted by molar-refractivity contribution is 7.90. The number of carboxylic acid groups (broad SMARTS) is 1. The van der Waals surface area contributed by atoms with Crippen molar-refractivity contribution in [2.45, 2.75) is 4.90 Å². The number of aromatic nitrogens is 1. The molecule has 0 saturated heterocycles. The Morgan fingerprint density at radius 3 is 2.38 bits per heavy atom. The Kier molecular flexibility index (Phi) is 2.33. The molecular formula is C7H7NO4S. The number of aromatic carboxylic acids is 1. The molecule has 1 rings (SSSR count). The molecule has 0 atom stereocenters. The number of carbonyl (C=O) groups is 1. The first kappa shape index (κ1) is 9.66. The summed E-state index contributed by atoms with van der Waals surface area (Å²) < 4.78 is 21.9. The number of hydrogen-bond acceptors (Lipinski definition) is 4. The molecule has 1 N–H and O–H groups in total. The lowest BCUT2D eigenvalue weighted by Crippen LogP contribution is -2.03. The Bertz CT molecular complexity index is 420. The van der Waals surface area contributed by atoms with E-state index in [9.17, 15) is 13.2 Å². The van der Waals surface area contributed by atoms with Gasteiger partial charge in [-0.2, -0.15) is 0 Å². The predicted octanol–water partition coefficient (Wildman–Crippen LogP) is 0.183. The second-order valence-corrected chi connectivity index (χ2v) is 4.47. The molecule has 5 nitrogen and oxygen atoms in total. The van der Waals surface area contributed by atoms with Gasteiger partial charge in [0.25, 0.3) is 0 Å². The first-order chi connectivity index (χ1) is 5.91. The van der Waals surface area contributed by atoms with E-state index < -0.39 is 15.8 Å². The van der Waals surface area contributed by atoms with Crippen molar-refractivity contribution in [1.82, 2.24) is 4.98 Å². The molecule has 0 unspecified atom stereocenters. The number of nitrogens with zero attached hydrogens (tertiary/aromatic N) is 1. The lowest BCUT2D eigenvalue weighted by Gasteiger charge is -1.97. The molecule has 0 fully saturated rings. The van der Waals surface area contributed by atoms with Crippen LogP contribution in [0.2, 0.25) is 0 Å². The number of sulfone groups is 1. The van der Waals surface area contributed by atoms with Crippen molar-refractivity contribution in [3.8, 4) is 0 Å². The molecule has 1 aromatic rings. The van der Waals surface area contributed by atoms with E-state index in [1.54, 1.807) is 0 Å². The Morgan fingerprint density at radius 2 is 2.08 bits per heavy atom. The maximum absolute atomic E-state index is 10.9. The minimum atomic E-state index is -3.30. The summed E-state index contributed by atoms with van der Waals surface area (Å²) in [6, 6.07) is 2.37. The highest BCUT2D eigenvalue weighted by Gasteiger charge is 2.09. The van der Waals surface area contributed by atoms with Crippen LogP contribution in [0.5, 0.6) is 0 Å². The zero-order valence-electron chi connectivity index (χ0n) is 6.76. The van der Waals surface area contributed by atoms with E-state index in [2.05, 4.69) is 4.98 Å². The molecule has 70 valence electrons. The zero-order chi connectivity index (χ0) is 10.1. The van der Waals surface area contributed by atoms with Crippen LogP contribution in [-0.2, 0) is 9.84 Å². The topological polar surface area (TPSA) is 84.3 Å². The standard InChI is InChI=1S/C7H7NO4S/c1-13(11,12)5-2-3-6(7(9)10)8-4-5/h2-4H,1H3,(H,9,10). The smallest absolute Gasteiger partial charge is 0.354 e. The monoisotopic (exact) mass is 201 g/mol. The first-order valence-electron chi connectivity index (χ1n) is 3.30. The molecule has 0 aliphatic heterocycles. The fourth-order valence-corrected chi connectivity index (χ4v) is 1.29. The van der Waals surface area contributed by atoms with Crippen LogP contribution < -0.4 is 0 Å². The SMILES string of the molecule is CS(=O)(=O)c1ccc(C(=O)O)nc1. The Morgan fingerprint density at radius 1 is 1.46 bits per heavy atom. The summed E-state index contributed by atoms with van der Waals surface area (Å²) in [6.07, 6.45) is 2.06. The van der Waals surface area contributed by atoms with Crippen LogP contribution in [-0.4, -0.2) is 30.7 Å². The Hall–Kier alpha value is -1.43. The number of rotatable bonds is 2. The molecule has 13 heavy (non-hydrogen) atoms. The third kappa shape index (κ3) is 2.25. The summed E-state index contributed by atoms with van der Waals surface area (Å²) in [4.78, 5) is 13.8. The molecule has 0 amide bonds. The molecule has 0 saturated carbocycles. The van der Waals surface area contributed by atoms with Crippen LogP contribution in [0.3, 0.4) is 0 Å². The largest absolute Gasteiger partial charge is 0.477 e. The van der Waals surface area contributed by atoms with Gasteiger partial charge in [0.2, 0.25) is 0 Å². The lowest BCUT2D eigenvalue weighted by atomic mass is 10.4. The maximum atomic E-state index is 10.9. The van der Waals surface area contributed by atoms with Gasteiger partial charge in [-0.15, -0.1) is 0 Å². The van der Waals surface area contributed by atoms with Crippen LogP contribution in [0.4, 0.5) is 0 Å². The lowest BCUT2D eigenvalue weighted by molar-refractivity contribution is 0.0690. The van der Waals surface area contributed by atoms with Gasteiger partial charge in [-0.25, -0.2) is 18.2 Å². The second kappa shape index (κ2) is 3.14. The Labute approximate surface area is 75.0 Å². The van der Waals surface area contributed by atoms with Crippen LogP contribution in [0.25, 0.3) is 0 Å². The predicted molar refractivity (Wildman–Crippen MR) is 44.3 cm³/mol. The quantitative estimate of drug-likeness (QED) is 0.738. The summed E-state index contributed by atoms with van der Waals surface area (Å²) >= 11 is 0. The van der Waals surface area contributed by atoms with E-state index in [-0.39, 0.29) is 10.6 Å². The fraction of sp³-hybridized carbons (Fsp3) is 0.143. The van der Waals surface area contributed by atoms with Crippen molar-refractivity contribution >= 4 is 15.8 Å². The van der Waals surface area contributed by atoms with Crippen LogP contribution in [0.1, 0.15) is 10.5 Å². The van der Waals surface area contributed by atoms with Crippen molar-refractivity contribution in [3.05, 3.63) is 24.0 Å². The number of pyridine rings is 1. The van der Waals surface area contributed by atoms with Crippen LogP contribution in [0, 0.1) is 0 Å². The van der Waals surface area contributed by atoms with Gasteiger partial charge in [-0.3, -0.25) is 0 Å². The van der Waals surface area contributed by atoms with E-state index in [1.807, 2.05) is 0 Å². The molecular weight excluding hydrogens is 194 g/mol. The molecule has 0 radical (unpaired) electrons. The third-order valence-electron chi connectivity index (χ3n) is 1.38. The molecule has 0 aliphatic carbocycles. The van der Waals surface area contributed by atoms with Crippen molar-refractivity contribution < 1.29 is 18.3 Å². The highest BCUT2D eigenvalue weighted by Crippen LogP contribution is 2.06. The van der Waals surface area contributed by atoms with Gasteiger partial charge in [0.1, 0.15) is 5.69 Å². The minimum absolute atomic E-state index is 0.0116. The summed E-state index contributed by atoms with van der Waals surface area (Å²) in [7, 11) is -3.30. The van der Waals surface area contributed by atoms with Gasteiger partial charge in [-0.05, 0) is 12.1 Å². The highest BCUT2D eigenvalue weighted by atomic mass is 32.2. The number of carboxylic acids is 1. The van der Waals surface area contributed by atoms with E-state index in [1.165, 1.54) is 6.07 Å². The van der Waals surface area contributed by atoms with Crippen molar-refractivity contribution in [3.63, 3.8) is 0 Å². The van der Waals surface area contributed by atoms with Gasteiger partial charge < -0.3 is 5.11 Å². The molecule has 6 heteroatoms. The van der Waals surface area contributed by atoms with Crippen molar-refractivity contribution in [2.75, 3.05) is 6.26 Å². The minimum Gasteiger partial charge on any atom is -0.477 e. The normalized spacial score (nSPS) is 11.2. The van der Waals surface area contributed by atoms with Gasteiger partial charge in [0.05, 0.1) is 4.90 Å². The summed E-state index contributed by atoms with van der Waals surface area (Å²) in [5.74, 6) is -1.18. The zero-order valence-corrected chi connectivity index (χ0v) is 7.58. The molecule has 0 spiro atoms. The molecule has 0 aliphatic rings. The maximum Gasteiger partial charge on any atom is 0.354 e. The van der Waals surface area contributed by atoms with Crippen molar-refractivity contribution in [2.24, 2.45) is 0 Å². The molecule has 1 aromatic heterocycles. The summed E-state index contributed by atoms with van der Waals surface area (Å²) in [6.45, 7) is 0. The van der Waals surface area contributed by atoms with Gasteiger partial charge in [-0.1, -0.05) is 0 Å². The average molecular weight is 201 g/mol. The van der Waals surface area contributed by atoms with E-state index >= 15 is 0 Å². The van der Waals surface area contributed by atoms with Gasteiger partial charge in [0.15, 0.2) is 9.84 Å². The molecule has 0 bridgehead atoms. The third-order valence-corrected chi connectivity index (χ3v) is 2.48. The molecule has 0 aromatic carbocycles. The Balaban J connectivity index is 3.16. The van der Waals surface area contributed by atoms with Gasteiger partial charge >= 0.3 is 5.97 Å². The van der Waals surface area contributed by atoms with E-state index in [4.69, 9.17) is 5.11 Å². The summed E-state index contributed by atoms with van der Waals surface area (Å²) in [5, 5.41) is 8.47. The van der Waals surface area contributed by atoms with Crippen molar-refractivity contribution in [1.29, 1.82) is 0 Å². The van der Waals surface area contributed by atoms with E-state index in [0.29, 0.717) is 0 Å². The second-order valence-electron chi connectivity index (χ2n) is 2.46. The number of hydrogen-bond donors (Lipinski definition) is 1.